The minimum absolute atomic E-state index is 0.528. The van der Waals surface area contributed by atoms with Gasteiger partial charge in [0.1, 0.15) is 6.10 Å². The van der Waals surface area contributed by atoms with Crippen molar-refractivity contribution in [3.8, 4) is 0 Å². The molecular weight excluding hydrogens is 340 g/mol. The van der Waals surface area contributed by atoms with Crippen molar-refractivity contribution in [2.24, 2.45) is 0 Å². The molecular formula is C12H10BrClOS2. The highest BCUT2D eigenvalue weighted by molar-refractivity contribution is 9.11. The molecule has 1 aliphatic rings. The van der Waals surface area contributed by atoms with E-state index in [1.807, 2.05) is 6.07 Å². The molecule has 3 rings (SSSR count). The minimum atomic E-state index is -0.528. The quantitative estimate of drug-likeness (QED) is 0.826. The highest BCUT2D eigenvalue weighted by Crippen LogP contribution is 2.41. The SMILES string of the molecule is OC(c1cc(Cl)c(Br)s1)c1cc2c(s1)CCC2. The van der Waals surface area contributed by atoms with E-state index in [2.05, 4.69) is 22.0 Å². The van der Waals surface area contributed by atoms with Crippen molar-refractivity contribution in [3.63, 3.8) is 0 Å². The van der Waals surface area contributed by atoms with Crippen LogP contribution in [0.3, 0.4) is 0 Å². The van der Waals surface area contributed by atoms with Gasteiger partial charge in [0, 0.05) is 14.6 Å². The van der Waals surface area contributed by atoms with Gasteiger partial charge in [0.2, 0.25) is 0 Å². The van der Waals surface area contributed by atoms with Gasteiger partial charge in [-0.15, -0.1) is 22.7 Å². The molecule has 0 radical (unpaired) electrons. The number of halogens is 2. The highest BCUT2D eigenvalue weighted by Gasteiger charge is 2.21. The molecule has 0 fully saturated rings. The fourth-order valence-electron chi connectivity index (χ4n) is 2.13. The Kier molecular flexibility index (Phi) is 3.34. The first kappa shape index (κ1) is 12.2. The number of rotatable bonds is 2. The molecule has 0 saturated heterocycles. The van der Waals surface area contributed by atoms with Crippen molar-refractivity contribution in [1.29, 1.82) is 0 Å². The molecule has 0 amide bonds. The molecule has 1 nitrogen and oxygen atoms in total. The van der Waals surface area contributed by atoms with E-state index >= 15 is 0 Å². The van der Waals surface area contributed by atoms with Crippen LogP contribution >= 0.6 is 50.2 Å². The maximum absolute atomic E-state index is 10.3. The molecule has 2 aromatic rings. The summed E-state index contributed by atoms with van der Waals surface area (Å²) in [5.74, 6) is 0. The normalized spacial score (nSPS) is 16.2. The Morgan fingerprint density at radius 3 is 2.65 bits per heavy atom. The van der Waals surface area contributed by atoms with E-state index in [1.165, 1.54) is 34.6 Å². The predicted octanol–water partition coefficient (Wildman–Crippen LogP) is 4.80. The Morgan fingerprint density at radius 1 is 1.24 bits per heavy atom. The lowest BCUT2D eigenvalue weighted by Gasteiger charge is -2.05. The van der Waals surface area contributed by atoms with Crippen molar-refractivity contribution in [1.82, 2.24) is 0 Å². The highest BCUT2D eigenvalue weighted by atomic mass is 79.9. The van der Waals surface area contributed by atoms with Crippen LogP contribution in [0.5, 0.6) is 0 Å². The van der Waals surface area contributed by atoms with E-state index in [4.69, 9.17) is 11.6 Å². The van der Waals surface area contributed by atoms with Crippen molar-refractivity contribution in [2.75, 3.05) is 0 Å². The third-order valence-corrected chi connectivity index (χ3v) is 6.79. The summed E-state index contributed by atoms with van der Waals surface area (Å²) >= 11 is 12.6. The van der Waals surface area contributed by atoms with Gasteiger partial charge in [-0.2, -0.15) is 0 Å². The van der Waals surface area contributed by atoms with E-state index < -0.39 is 6.10 Å². The van der Waals surface area contributed by atoms with Crippen LogP contribution in [0.15, 0.2) is 15.9 Å². The van der Waals surface area contributed by atoms with E-state index in [1.54, 1.807) is 11.3 Å². The van der Waals surface area contributed by atoms with Gasteiger partial charge in [-0.1, -0.05) is 11.6 Å². The number of aliphatic hydroxyl groups is 1. The molecule has 90 valence electrons. The molecule has 0 saturated carbocycles. The Balaban J connectivity index is 1.92. The second-order valence-corrected chi connectivity index (χ2v) is 8.10. The third-order valence-electron chi connectivity index (χ3n) is 2.97. The second kappa shape index (κ2) is 4.67. The van der Waals surface area contributed by atoms with Crippen LogP contribution in [0.25, 0.3) is 0 Å². The number of aryl methyl sites for hydroxylation is 2. The second-order valence-electron chi connectivity index (χ2n) is 4.12. The average molecular weight is 350 g/mol. The maximum atomic E-state index is 10.3. The minimum Gasteiger partial charge on any atom is -0.382 e. The summed E-state index contributed by atoms with van der Waals surface area (Å²) in [6.45, 7) is 0. The van der Waals surface area contributed by atoms with Crippen molar-refractivity contribution < 1.29 is 5.11 Å². The van der Waals surface area contributed by atoms with Gasteiger partial charge in [0.05, 0.1) is 8.81 Å². The lowest BCUT2D eigenvalue weighted by molar-refractivity contribution is 0.228. The lowest BCUT2D eigenvalue weighted by atomic mass is 10.2. The zero-order valence-corrected chi connectivity index (χ0v) is 12.8. The zero-order valence-electron chi connectivity index (χ0n) is 8.87. The molecule has 1 atom stereocenters. The smallest absolute Gasteiger partial charge is 0.122 e. The van der Waals surface area contributed by atoms with Gasteiger partial charge in [-0.05, 0) is 52.9 Å². The lowest BCUT2D eigenvalue weighted by Crippen LogP contribution is -1.93. The maximum Gasteiger partial charge on any atom is 0.122 e. The monoisotopic (exact) mass is 348 g/mol. The summed E-state index contributed by atoms with van der Waals surface area (Å²) in [7, 11) is 0. The number of aliphatic hydroxyl groups excluding tert-OH is 1. The summed E-state index contributed by atoms with van der Waals surface area (Å²) in [5, 5.41) is 11.0. The first-order valence-electron chi connectivity index (χ1n) is 5.39. The van der Waals surface area contributed by atoms with Gasteiger partial charge < -0.3 is 5.11 Å². The van der Waals surface area contributed by atoms with Crippen LogP contribution < -0.4 is 0 Å². The fraction of sp³-hybridized carbons (Fsp3) is 0.333. The van der Waals surface area contributed by atoms with Gasteiger partial charge in [0.15, 0.2) is 0 Å². The molecule has 0 aliphatic heterocycles. The van der Waals surface area contributed by atoms with Crippen molar-refractivity contribution in [2.45, 2.75) is 25.4 Å². The molecule has 5 heteroatoms. The molecule has 17 heavy (non-hydrogen) atoms. The summed E-state index contributed by atoms with van der Waals surface area (Å²) in [6.07, 6.45) is 3.06. The van der Waals surface area contributed by atoms with E-state index in [9.17, 15) is 5.11 Å². The van der Waals surface area contributed by atoms with Crippen LogP contribution in [0.4, 0.5) is 0 Å². The standard InChI is InChI=1S/C12H10BrClOS2/c13-12-7(14)5-10(17-12)11(15)9-4-6-2-1-3-8(6)16-9/h4-5,11,15H,1-3H2. The predicted molar refractivity (Wildman–Crippen MR) is 77.4 cm³/mol. The molecule has 1 aliphatic carbocycles. The summed E-state index contributed by atoms with van der Waals surface area (Å²) in [6, 6.07) is 3.99. The van der Waals surface area contributed by atoms with Gasteiger partial charge in [-0.25, -0.2) is 0 Å². The summed E-state index contributed by atoms with van der Waals surface area (Å²) in [4.78, 5) is 3.39. The fourth-order valence-corrected chi connectivity index (χ4v) is 5.21. The Labute approximate surface area is 121 Å². The molecule has 1 unspecified atom stereocenters. The van der Waals surface area contributed by atoms with Crippen molar-refractivity contribution in [3.05, 3.63) is 41.1 Å². The third kappa shape index (κ3) is 2.22. The number of thiophene rings is 2. The summed E-state index contributed by atoms with van der Waals surface area (Å²) in [5.41, 5.74) is 1.42. The molecule has 0 aromatic carbocycles. The summed E-state index contributed by atoms with van der Waals surface area (Å²) < 4.78 is 0.886. The van der Waals surface area contributed by atoms with E-state index in [-0.39, 0.29) is 0 Å². The van der Waals surface area contributed by atoms with E-state index in [0.29, 0.717) is 5.02 Å². The van der Waals surface area contributed by atoms with Crippen molar-refractivity contribution >= 4 is 50.2 Å². The zero-order chi connectivity index (χ0) is 12.0. The topological polar surface area (TPSA) is 20.2 Å². The number of hydrogen-bond acceptors (Lipinski definition) is 3. The van der Waals surface area contributed by atoms with Crippen LogP contribution in [-0.2, 0) is 12.8 Å². The van der Waals surface area contributed by atoms with Gasteiger partial charge in [-0.3, -0.25) is 0 Å². The van der Waals surface area contributed by atoms with Crippen LogP contribution in [0.2, 0.25) is 5.02 Å². The van der Waals surface area contributed by atoms with Crippen LogP contribution in [0.1, 0.15) is 32.7 Å². The molecule has 0 bridgehead atoms. The molecule has 2 aromatic heterocycles. The first-order valence-corrected chi connectivity index (χ1v) is 8.20. The van der Waals surface area contributed by atoms with E-state index in [0.717, 1.165) is 20.0 Å². The molecule has 0 spiro atoms. The molecule has 2 heterocycles. The Bertz CT molecular complexity index is 520. The van der Waals surface area contributed by atoms with Gasteiger partial charge in [0.25, 0.3) is 0 Å². The Hall–Kier alpha value is 0.130. The molecule has 1 N–H and O–H groups in total. The largest absolute Gasteiger partial charge is 0.382 e. The number of hydrogen-bond donors (Lipinski definition) is 1. The van der Waals surface area contributed by atoms with Gasteiger partial charge >= 0.3 is 0 Å². The first-order chi connectivity index (χ1) is 8.15. The van der Waals surface area contributed by atoms with Crippen LogP contribution in [-0.4, -0.2) is 5.11 Å². The Morgan fingerprint density at radius 2 is 2.00 bits per heavy atom. The number of fused-ring (bicyclic) bond motifs is 1. The average Bonchev–Trinajstić information content (AvgIpc) is 2.92. The van der Waals surface area contributed by atoms with Crippen LogP contribution in [0, 0.1) is 0 Å².